The van der Waals surface area contributed by atoms with Crippen molar-refractivity contribution in [2.75, 3.05) is 16.8 Å². The summed E-state index contributed by atoms with van der Waals surface area (Å²) < 4.78 is 44.4. The topological polar surface area (TPSA) is 41.6 Å². The van der Waals surface area contributed by atoms with Crippen LogP contribution in [0.3, 0.4) is 0 Å². The monoisotopic (exact) mass is 394 g/mol. The lowest BCUT2D eigenvalue weighted by atomic mass is 10.0. The van der Waals surface area contributed by atoms with Crippen LogP contribution in [-0.2, 0) is 11.3 Å². The van der Waals surface area contributed by atoms with E-state index in [0.29, 0.717) is 24.6 Å². The quantitative estimate of drug-likeness (QED) is 0.561. The minimum absolute atomic E-state index is 0.0688. The van der Waals surface area contributed by atoms with E-state index in [4.69, 9.17) is 0 Å². The molecule has 0 fully saturated rings. The summed E-state index contributed by atoms with van der Waals surface area (Å²) in [5.74, 6) is 0.454. The number of carbonyl (C=O) groups excluding carboxylic acids is 1. The van der Waals surface area contributed by atoms with E-state index < -0.39 is 12.4 Å². The molecule has 2 rings (SSSR count). The number of alkyl halides is 3. The van der Waals surface area contributed by atoms with Gasteiger partial charge in [0.1, 0.15) is 0 Å². The fraction of sp³-hybridized carbons (Fsp3) is 0.381. The number of hydrogen-bond acceptors (Lipinski definition) is 3. The molecule has 2 aromatic carbocycles. The predicted octanol–water partition coefficient (Wildman–Crippen LogP) is 6.29. The lowest BCUT2D eigenvalue weighted by Gasteiger charge is -2.24. The molecule has 0 aliphatic carbocycles. The Balaban J connectivity index is 2.05. The molecule has 28 heavy (non-hydrogen) atoms. The third-order valence-corrected chi connectivity index (χ3v) is 4.13. The summed E-state index contributed by atoms with van der Waals surface area (Å²) in [4.78, 5) is 11.5. The zero-order valence-corrected chi connectivity index (χ0v) is 16.2. The van der Waals surface area contributed by atoms with Crippen LogP contribution in [-0.4, -0.2) is 19.0 Å². The zero-order valence-electron chi connectivity index (χ0n) is 16.2. The van der Waals surface area contributed by atoms with Gasteiger partial charge in [0, 0.05) is 12.2 Å². The molecule has 1 amide bonds. The molecule has 0 atom stereocenters. The Kier molecular flexibility index (Phi) is 7.31. The number of amides is 1. The van der Waals surface area contributed by atoms with Crippen molar-refractivity contribution >= 4 is 17.5 Å². The highest BCUT2D eigenvalue weighted by molar-refractivity contribution is 5.88. The Morgan fingerprint density at radius 2 is 1.68 bits per heavy atom. The smallest absolute Gasteiger partial charge is 0.449 e. The number of nitrogens with zero attached hydrogens (tertiary/aromatic N) is 1. The first kappa shape index (κ1) is 21.6. The molecule has 0 unspecified atom stereocenters. The van der Waals surface area contributed by atoms with Gasteiger partial charge in [-0.3, -0.25) is 0 Å². The Bertz CT molecular complexity index is 757. The summed E-state index contributed by atoms with van der Waals surface area (Å²) in [5.41, 5.74) is 2.67. The van der Waals surface area contributed by atoms with Gasteiger partial charge in [0.15, 0.2) is 0 Å². The van der Waals surface area contributed by atoms with Gasteiger partial charge in [0.05, 0.1) is 12.3 Å². The van der Waals surface area contributed by atoms with Crippen molar-refractivity contribution in [3.63, 3.8) is 0 Å². The van der Waals surface area contributed by atoms with Crippen LogP contribution in [0.2, 0.25) is 0 Å². The molecule has 0 aromatic heterocycles. The highest BCUT2D eigenvalue weighted by Crippen LogP contribution is 2.30. The highest BCUT2D eigenvalue weighted by Gasteiger charge is 2.43. The van der Waals surface area contributed by atoms with Gasteiger partial charge in [0.25, 0.3) is 0 Å². The van der Waals surface area contributed by atoms with Crippen molar-refractivity contribution in [3.05, 3.63) is 59.7 Å². The number of rotatable bonds is 7. The maximum absolute atomic E-state index is 13.3. The van der Waals surface area contributed by atoms with Crippen LogP contribution in [0.5, 0.6) is 0 Å². The average Bonchev–Trinajstić information content (AvgIpc) is 2.65. The number of anilines is 2. The Morgan fingerprint density at radius 1 is 1.07 bits per heavy atom. The summed E-state index contributed by atoms with van der Waals surface area (Å²) in [7, 11) is 0. The molecular formula is C21H25F3N2O2. The molecule has 0 saturated carbocycles. The second kappa shape index (κ2) is 9.48. The van der Waals surface area contributed by atoms with Crippen LogP contribution in [0.1, 0.15) is 44.2 Å². The molecule has 0 heterocycles. The molecule has 0 saturated heterocycles. The summed E-state index contributed by atoms with van der Waals surface area (Å²) in [6, 6.07) is 13.7. The number of carbonyl (C=O) groups is 1. The largest absolute Gasteiger partial charge is 0.494 e. The van der Waals surface area contributed by atoms with Crippen LogP contribution in [0.4, 0.5) is 29.3 Å². The summed E-state index contributed by atoms with van der Waals surface area (Å²) in [5, 5.41) is 3.16. The van der Waals surface area contributed by atoms with Crippen LogP contribution in [0.15, 0.2) is 48.5 Å². The maximum atomic E-state index is 13.3. The molecule has 0 aliphatic heterocycles. The van der Waals surface area contributed by atoms with Crippen LogP contribution in [0.25, 0.3) is 0 Å². The first-order valence-electron chi connectivity index (χ1n) is 9.19. The van der Waals surface area contributed by atoms with E-state index in [0.717, 1.165) is 5.56 Å². The molecule has 0 aliphatic rings. The molecule has 4 nitrogen and oxygen atoms in total. The van der Waals surface area contributed by atoms with Gasteiger partial charge in [-0.25, -0.2) is 4.79 Å². The summed E-state index contributed by atoms with van der Waals surface area (Å²) in [6.45, 7) is 6.43. The molecule has 0 radical (unpaired) electrons. The zero-order chi connectivity index (χ0) is 20.7. The summed E-state index contributed by atoms with van der Waals surface area (Å²) in [6.07, 6.45) is -5.85. The van der Waals surface area contributed by atoms with Crippen molar-refractivity contribution in [2.45, 2.75) is 46.0 Å². The number of nitrogens with one attached hydrogen (secondary N) is 1. The van der Waals surface area contributed by atoms with Crippen molar-refractivity contribution in [3.8, 4) is 0 Å². The van der Waals surface area contributed by atoms with Crippen LogP contribution >= 0.6 is 0 Å². The normalized spacial score (nSPS) is 11.4. The third-order valence-electron chi connectivity index (χ3n) is 4.13. The second-order valence-electron chi connectivity index (χ2n) is 6.71. The predicted molar refractivity (Wildman–Crippen MR) is 104 cm³/mol. The number of hydrogen-bond donors (Lipinski definition) is 1. The minimum Gasteiger partial charge on any atom is -0.449 e. The summed E-state index contributed by atoms with van der Waals surface area (Å²) >= 11 is 0. The van der Waals surface area contributed by atoms with E-state index in [1.807, 2.05) is 12.1 Å². The molecule has 7 heteroatoms. The standard InChI is InChI=1S/C21H25F3N2O2/c1-4-13-28-20(27)26(21(22,23)24)19-11-9-18(10-12-19)25-14-16-5-7-17(8-6-16)15(2)3/h5-12,15,25H,4,13-14H2,1-3H3. The van der Waals surface area contributed by atoms with E-state index in [9.17, 15) is 18.0 Å². The number of benzene rings is 2. The third kappa shape index (κ3) is 5.90. The highest BCUT2D eigenvalue weighted by atomic mass is 19.4. The lowest BCUT2D eigenvalue weighted by molar-refractivity contribution is -0.125. The van der Waals surface area contributed by atoms with Crippen molar-refractivity contribution in [1.29, 1.82) is 0 Å². The number of halogens is 3. The van der Waals surface area contributed by atoms with E-state index in [2.05, 4.69) is 36.0 Å². The van der Waals surface area contributed by atoms with E-state index in [1.54, 1.807) is 6.92 Å². The molecule has 2 aromatic rings. The van der Waals surface area contributed by atoms with Crippen LogP contribution < -0.4 is 10.2 Å². The van der Waals surface area contributed by atoms with Crippen molar-refractivity contribution in [2.24, 2.45) is 0 Å². The van der Waals surface area contributed by atoms with Gasteiger partial charge in [-0.2, -0.15) is 4.90 Å². The van der Waals surface area contributed by atoms with Gasteiger partial charge in [-0.1, -0.05) is 45.0 Å². The molecule has 0 spiro atoms. The fourth-order valence-corrected chi connectivity index (χ4v) is 2.56. The Hall–Kier alpha value is -2.70. The van der Waals surface area contributed by atoms with E-state index >= 15 is 0 Å². The molecular weight excluding hydrogens is 369 g/mol. The Morgan fingerprint density at radius 3 is 2.18 bits per heavy atom. The Labute approximate surface area is 163 Å². The van der Waals surface area contributed by atoms with Gasteiger partial charge in [-0.05, 0) is 47.7 Å². The van der Waals surface area contributed by atoms with E-state index in [1.165, 1.54) is 29.8 Å². The molecule has 1 N–H and O–H groups in total. The molecule has 152 valence electrons. The minimum atomic E-state index is -4.86. The van der Waals surface area contributed by atoms with Gasteiger partial charge in [-0.15, -0.1) is 13.2 Å². The first-order chi connectivity index (χ1) is 13.2. The SMILES string of the molecule is CCCOC(=O)N(c1ccc(NCc2ccc(C(C)C)cc2)cc1)C(F)(F)F. The average molecular weight is 394 g/mol. The lowest BCUT2D eigenvalue weighted by Crippen LogP contribution is -2.43. The van der Waals surface area contributed by atoms with Crippen molar-refractivity contribution in [1.82, 2.24) is 0 Å². The number of ether oxygens (including phenoxy) is 1. The van der Waals surface area contributed by atoms with Gasteiger partial charge >= 0.3 is 12.4 Å². The fourth-order valence-electron chi connectivity index (χ4n) is 2.56. The van der Waals surface area contributed by atoms with Gasteiger partial charge in [0.2, 0.25) is 0 Å². The first-order valence-corrected chi connectivity index (χ1v) is 9.19. The maximum Gasteiger partial charge on any atom is 0.494 e. The van der Waals surface area contributed by atoms with Crippen LogP contribution in [0, 0.1) is 0 Å². The second-order valence-corrected chi connectivity index (χ2v) is 6.71. The van der Waals surface area contributed by atoms with Crippen molar-refractivity contribution < 1.29 is 22.7 Å². The van der Waals surface area contributed by atoms with E-state index in [-0.39, 0.29) is 17.2 Å². The van der Waals surface area contributed by atoms with Gasteiger partial charge < -0.3 is 10.1 Å². The molecule has 0 bridgehead atoms.